The van der Waals surface area contributed by atoms with Gasteiger partial charge in [0.05, 0.1) is 16.5 Å². The predicted octanol–water partition coefficient (Wildman–Crippen LogP) is 5.49. The molecule has 2 aromatic carbocycles. The van der Waals surface area contributed by atoms with Gasteiger partial charge in [-0.3, -0.25) is 4.79 Å². The average Bonchev–Trinajstić information content (AvgIpc) is 2.42. The number of hydrogen-bond acceptors (Lipinski definition) is 2. The number of anilines is 1. The highest BCUT2D eigenvalue weighted by molar-refractivity contribution is 9.10. The molecular formula is C14H10BrCl2NOS. The Kier molecular flexibility index (Phi) is 5.78. The molecule has 0 aromatic heterocycles. The van der Waals surface area contributed by atoms with Crippen LogP contribution in [-0.4, -0.2) is 11.7 Å². The third-order valence-electron chi connectivity index (χ3n) is 2.39. The maximum Gasteiger partial charge on any atom is 0.234 e. The monoisotopic (exact) mass is 389 g/mol. The van der Waals surface area contributed by atoms with Gasteiger partial charge in [0, 0.05) is 14.4 Å². The van der Waals surface area contributed by atoms with Gasteiger partial charge in [0.1, 0.15) is 0 Å². The van der Waals surface area contributed by atoms with Gasteiger partial charge in [0.2, 0.25) is 5.91 Å². The summed E-state index contributed by atoms with van der Waals surface area (Å²) in [5.41, 5.74) is 0.528. The van der Waals surface area contributed by atoms with Crippen LogP contribution in [-0.2, 0) is 4.79 Å². The lowest BCUT2D eigenvalue weighted by atomic mass is 10.3. The number of rotatable bonds is 4. The van der Waals surface area contributed by atoms with Crippen LogP contribution in [0.4, 0.5) is 5.69 Å². The molecule has 1 N–H and O–H groups in total. The molecule has 0 atom stereocenters. The largest absolute Gasteiger partial charge is 0.324 e. The van der Waals surface area contributed by atoms with Crippen LogP contribution in [0.15, 0.2) is 51.8 Å². The lowest BCUT2D eigenvalue weighted by Crippen LogP contribution is -2.14. The molecule has 20 heavy (non-hydrogen) atoms. The summed E-state index contributed by atoms with van der Waals surface area (Å²) in [7, 11) is 0. The summed E-state index contributed by atoms with van der Waals surface area (Å²) in [5, 5.41) is 3.75. The Morgan fingerprint density at radius 2 is 1.85 bits per heavy atom. The molecule has 0 fully saturated rings. The van der Waals surface area contributed by atoms with Crippen molar-refractivity contribution >= 4 is 62.5 Å². The second kappa shape index (κ2) is 7.36. The maximum absolute atomic E-state index is 11.9. The van der Waals surface area contributed by atoms with Crippen molar-refractivity contribution in [2.24, 2.45) is 0 Å². The molecule has 0 aliphatic rings. The number of hydrogen-bond donors (Lipinski definition) is 1. The quantitative estimate of drug-likeness (QED) is 0.699. The van der Waals surface area contributed by atoms with Crippen LogP contribution < -0.4 is 5.32 Å². The molecule has 0 aliphatic heterocycles. The minimum absolute atomic E-state index is 0.123. The Morgan fingerprint density at radius 3 is 2.55 bits per heavy atom. The first-order valence-electron chi connectivity index (χ1n) is 5.68. The van der Waals surface area contributed by atoms with E-state index in [0.717, 1.165) is 9.37 Å². The van der Waals surface area contributed by atoms with Gasteiger partial charge in [-0.2, -0.15) is 0 Å². The SMILES string of the molecule is O=C(CSc1ccc(Br)cc1)Nc1cc(Cl)ccc1Cl. The average molecular weight is 391 g/mol. The topological polar surface area (TPSA) is 29.1 Å². The van der Waals surface area contributed by atoms with E-state index in [9.17, 15) is 4.79 Å². The predicted molar refractivity (Wildman–Crippen MR) is 90.0 cm³/mol. The van der Waals surface area contributed by atoms with E-state index in [1.807, 2.05) is 24.3 Å². The Morgan fingerprint density at radius 1 is 1.15 bits per heavy atom. The highest BCUT2D eigenvalue weighted by atomic mass is 79.9. The number of nitrogens with one attached hydrogen (secondary N) is 1. The molecule has 6 heteroatoms. The molecule has 0 saturated carbocycles. The second-order valence-electron chi connectivity index (χ2n) is 3.91. The standard InChI is InChI=1S/C14H10BrCl2NOS/c15-9-1-4-11(5-2-9)20-8-14(19)18-13-7-10(16)3-6-12(13)17/h1-7H,8H2,(H,18,19). The van der Waals surface area contributed by atoms with Crippen LogP contribution in [0.25, 0.3) is 0 Å². The van der Waals surface area contributed by atoms with Crippen LogP contribution >= 0.6 is 50.9 Å². The van der Waals surface area contributed by atoms with Gasteiger partial charge in [-0.1, -0.05) is 39.1 Å². The van der Waals surface area contributed by atoms with Gasteiger partial charge in [-0.15, -0.1) is 11.8 Å². The zero-order chi connectivity index (χ0) is 14.5. The van der Waals surface area contributed by atoms with Crippen LogP contribution in [0.2, 0.25) is 10.0 Å². The van der Waals surface area contributed by atoms with E-state index in [1.54, 1.807) is 18.2 Å². The van der Waals surface area contributed by atoms with E-state index in [4.69, 9.17) is 23.2 Å². The molecule has 0 unspecified atom stereocenters. The Hall–Kier alpha value is -0.680. The van der Waals surface area contributed by atoms with Gasteiger partial charge < -0.3 is 5.32 Å². The lowest BCUT2D eigenvalue weighted by Gasteiger charge is -2.07. The van der Waals surface area contributed by atoms with E-state index in [0.29, 0.717) is 21.5 Å². The molecule has 104 valence electrons. The minimum Gasteiger partial charge on any atom is -0.324 e. The van der Waals surface area contributed by atoms with Crippen molar-refractivity contribution in [2.45, 2.75) is 4.90 Å². The number of carbonyl (C=O) groups excluding carboxylic acids is 1. The summed E-state index contributed by atoms with van der Waals surface area (Å²) < 4.78 is 1.01. The molecule has 2 nitrogen and oxygen atoms in total. The van der Waals surface area contributed by atoms with E-state index < -0.39 is 0 Å². The summed E-state index contributed by atoms with van der Waals surface area (Å²) in [6.45, 7) is 0. The van der Waals surface area contributed by atoms with E-state index in [-0.39, 0.29) is 5.91 Å². The summed E-state index contributed by atoms with van der Waals surface area (Å²) in [4.78, 5) is 12.9. The zero-order valence-electron chi connectivity index (χ0n) is 10.2. The van der Waals surface area contributed by atoms with Crippen LogP contribution in [0.5, 0.6) is 0 Å². The van der Waals surface area contributed by atoms with Crippen LogP contribution in [0.3, 0.4) is 0 Å². The molecule has 0 radical (unpaired) electrons. The highest BCUT2D eigenvalue weighted by Gasteiger charge is 2.07. The molecule has 2 rings (SSSR count). The van der Waals surface area contributed by atoms with Gasteiger partial charge in [-0.05, 0) is 42.5 Å². The van der Waals surface area contributed by atoms with Crippen molar-refractivity contribution in [3.63, 3.8) is 0 Å². The fourth-order valence-electron chi connectivity index (χ4n) is 1.46. The summed E-state index contributed by atoms with van der Waals surface area (Å²) in [5.74, 6) is 0.187. The molecule has 2 aromatic rings. The van der Waals surface area contributed by atoms with E-state index in [2.05, 4.69) is 21.2 Å². The lowest BCUT2D eigenvalue weighted by molar-refractivity contribution is -0.113. The zero-order valence-corrected chi connectivity index (χ0v) is 14.1. The molecular weight excluding hydrogens is 381 g/mol. The summed E-state index contributed by atoms with van der Waals surface area (Å²) in [6.07, 6.45) is 0. The molecule has 0 bridgehead atoms. The van der Waals surface area contributed by atoms with Crippen molar-refractivity contribution in [1.82, 2.24) is 0 Å². The van der Waals surface area contributed by atoms with Crippen LogP contribution in [0, 0.1) is 0 Å². The third kappa shape index (κ3) is 4.70. The second-order valence-corrected chi connectivity index (χ2v) is 6.72. The fourth-order valence-corrected chi connectivity index (χ4v) is 2.76. The first-order valence-corrected chi connectivity index (χ1v) is 8.21. The smallest absolute Gasteiger partial charge is 0.234 e. The van der Waals surface area contributed by atoms with E-state index in [1.165, 1.54) is 11.8 Å². The molecule has 1 amide bonds. The molecule has 0 aliphatic carbocycles. The number of amides is 1. The number of carbonyl (C=O) groups is 1. The van der Waals surface area contributed by atoms with Gasteiger partial charge in [0.25, 0.3) is 0 Å². The van der Waals surface area contributed by atoms with E-state index >= 15 is 0 Å². The minimum atomic E-state index is -0.123. The van der Waals surface area contributed by atoms with Crippen molar-refractivity contribution < 1.29 is 4.79 Å². The Labute approximate surface area is 140 Å². The van der Waals surface area contributed by atoms with Crippen molar-refractivity contribution in [3.8, 4) is 0 Å². The maximum atomic E-state index is 11.9. The Bertz CT molecular complexity index is 619. The number of halogens is 3. The third-order valence-corrected chi connectivity index (χ3v) is 4.49. The van der Waals surface area contributed by atoms with Crippen molar-refractivity contribution in [3.05, 3.63) is 57.0 Å². The molecule has 0 saturated heterocycles. The summed E-state index contributed by atoms with van der Waals surface area (Å²) in [6, 6.07) is 12.7. The normalized spacial score (nSPS) is 10.3. The molecule has 0 spiro atoms. The van der Waals surface area contributed by atoms with Crippen molar-refractivity contribution in [2.75, 3.05) is 11.1 Å². The Balaban J connectivity index is 1.92. The fraction of sp³-hybridized carbons (Fsp3) is 0.0714. The van der Waals surface area contributed by atoms with Gasteiger partial charge >= 0.3 is 0 Å². The van der Waals surface area contributed by atoms with Crippen molar-refractivity contribution in [1.29, 1.82) is 0 Å². The van der Waals surface area contributed by atoms with Gasteiger partial charge in [0.15, 0.2) is 0 Å². The number of benzene rings is 2. The first-order chi connectivity index (χ1) is 9.54. The highest BCUT2D eigenvalue weighted by Crippen LogP contribution is 2.26. The summed E-state index contributed by atoms with van der Waals surface area (Å²) >= 11 is 16.7. The first kappa shape index (κ1) is 15.7. The van der Waals surface area contributed by atoms with Gasteiger partial charge in [-0.25, -0.2) is 0 Å². The van der Waals surface area contributed by atoms with Crippen LogP contribution in [0.1, 0.15) is 0 Å². The molecule has 0 heterocycles. The number of thioether (sulfide) groups is 1.